The lowest BCUT2D eigenvalue weighted by molar-refractivity contribution is -0.125. The van der Waals surface area contributed by atoms with E-state index in [0.29, 0.717) is 55.9 Å². The predicted octanol–water partition coefficient (Wildman–Crippen LogP) is 3.93. The molecule has 2 unspecified atom stereocenters. The highest BCUT2D eigenvalue weighted by Crippen LogP contribution is 2.27. The highest BCUT2D eigenvalue weighted by Gasteiger charge is 2.36. The molecule has 2 heterocycles. The van der Waals surface area contributed by atoms with Gasteiger partial charge in [-0.1, -0.05) is 35.3 Å². The zero-order chi connectivity index (χ0) is 23.4. The van der Waals surface area contributed by atoms with Crippen molar-refractivity contribution in [2.45, 2.75) is 24.9 Å². The van der Waals surface area contributed by atoms with Crippen molar-refractivity contribution in [3.05, 3.63) is 69.5 Å². The van der Waals surface area contributed by atoms with E-state index in [1.165, 1.54) is 18.2 Å². The minimum atomic E-state index is -0.592. The molecule has 2 aromatic rings. The Morgan fingerprint density at radius 2 is 1.91 bits per heavy atom. The molecule has 1 N–H and O–H groups in total. The molecule has 2 aromatic carbocycles. The van der Waals surface area contributed by atoms with Gasteiger partial charge in [0.05, 0.1) is 29.8 Å². The summed E-state index contributed by atoms with van der Waals surface area (Å²) in [5, 5.41) is 3.71. The molecule has 0 saturated carbocycles. The molecule has 2 saturated heterocycles. The highest BCUT2D eigenvalue weighted by atomic mass is 35.5. The number of nitrogens with zero attached hydrogens (tertiary/aromatic N) is 2. The number of nitrogens with one attached hydrogen (secondary N) is 1. The van der Waals surface area contributed by atoms with Gasteiger partial charge in [0, 0.05) is 31.2 Å². The van der Waals surface area contributed by atoms with Crippen LogP contribution in [0.2, 0.25) is 10.0 Å². The predicted molar refractivity (Wildman–Crippen MR) is 125 cm³/mol. The smallest absolute Gasteiger partial charge is 0.256 e. The molecule has 0 spiro atoms. The minimum absolute atomic E-state index is 0.193. The number of morpholine rings is 1. The van der Waals surface area contributed by atoms with E-state index in [1.807, 2.05) is 6.07 Å². The van der Waals surface area contributed by atoms with Crippen molar-refractivity contribution in [1.29, 1.82) is 0 Å². The van der Waals surface area contributed by atoms with Gasteiger partial charge in [0.1, 0.15) is 11.9 Å². The largest absolute Gasteiger partial charge is 0.379 e. The van der Waals surface area contributed by atoms with Crippen LogP contribution in [0.5, 0.6) is 0 Å². The van der Waals surface area contributed by atoms with Crippen molar-refractivity contribution < 1.29 is 18.7 Å². The summed E-state index contributed by atoms with van der Waals surface area (Å²) in [5.74, 6) is -0.855. The summed E-state index contributed by atoms with van der Waals surface area (Å²) in [6, 6.07) is 10.4. The first-order valence-electron chi connectivity index (χ1n) is 11.0. The van der Waals surface area contributed by atoms with Gasteiger partial charge in [-0.15, -0.1) is 0 Å². The fourth-order valence-electron chi connectivity index (χ4n) is 4.47. The number of hydrogen-bond donors (Lipinski definition) is 1. The lowest BCUT2D eigenvalue weighted by Gasteiger charge is -2.35. The van der Waals surface area contributed by atoms with E-state index in [4.69, 9.17) is 27.9 Å². The summed E-state index contributed by atoms with van der Waals surface area (Å²) in [7, 11) is 0. The number of carbonyl (C=O) groups excluding carboxylic acids is 2. The Morgan fingerprint density at radius 1 is 1.12 bits per heavy atom. The zero-order valence-corrected chi connectivity index (χ0v) is 19.6. The Kier molecular flexibility index (Phi) is 7.86. The van der Waals surface area contributed by atoms with Crippen molar-refractivity contribution in [2.24, 2.45) is 0 Å². The van der Waals surface area contributed by atoms with Crippen LogP contribution in [-0.2, 0) is 9.53 Å². The summed E-state index contributed by atoms with van der Waals surface area (Å²) in [5.41, 5.74) is 1.08. The minimum Gasteiger partial charge on any atom is -0.379 e. The number of halogens is 3. The average molecular weight is 494 g/mol. The van der Waals surface area contributed by atoms with Gasteiger partial charge in [-0.2, -0.15) is 0 Å². The summed E-state index contributed by atoms with van der Waals surface area (Å²) in [6.07, 6.45) is 1.29. The molecule has 2 atom stereocenters. The molecule has 4 rings (SSSR count). The molecule has 0 bridgehead atoms. The van der Waals surface area contributed by atoms with Crippen LogP contribution < -0.4 is 5.32 Å². The molecule has 2 fully saturated rings. The highest BCUT2D eigenvalue weighted by molar-refractivity contribution is 6.35. The van der Waals surface area contributed by atoms with Crippen molar-refractivity contribution in [3.63, 3.8) is 0 Å². The monoisotopic (exact) mass is 493 g/mol. The van der Waals surface area contributed by atoms with Crippen LogP contribution in [0.25, 0.3) is 0 Å². The van der Waals surface area contributed by atoms with Crippen LogP contribution >= 0.6 is 23.2 Å². The van der Waals surface area contributed by atoms with E-state index in [2.05, 4.69) is 10.2 Å². The number of carbonyl (C=O) groups is 2. The molecule has 2 aliphatic heterocycles. The van der Waals surface area contributed by atoms with E-state index in [0.717, 1.165) is 12.0 Å². The Labute approximate surface area is 202 Å². The molecule has 2 amide bonds. The summed E-state index contributed by atoms with van der Waals surface area (Å²) in [4.78, 5) is 30.0. The van der Waals surface area contributed by atoms with Crippen molar-refractivity contribution in [3.8, 4) is 0 Å². The second kappa shape index (κ2) is 10.8. The summed E-state index contributed by atoms with van der Waals surface area (Å²) < 4.78 is 19.4. The third-order valence-corrected chi connectivity index (χ3v) is 6.73. The van der Waals surface area contributed by atoms with Crippen molar-refractivity contribution in [2.75, 3.05) is 39.4 Å². The summed E-state index contributed by atoms with van der Waals surface area (Å²) in [6.45, 7) is 3.34. The van der Waals surface area contributed by atoms with E-state index in [9.17, 15) is 14.0 Å². The van der Waals surface area contributed by atoms with Crippen LogP contribution in [0, 0.1) is 5.82 Å². The lowest BCUT2D eigenvalue weighted by atomic mass is 10.0. The van der Waals surface area contributed by atoms with Gasteiger partial charge in [-0.05, 0) is 48.7 Å². The van der Waals surface area contributed by atoms with Crippen LogP contribution in [0.1, 0.15) is 34.8 Å². The zero-order valence-electron chi connectivity index (χ0n) is 18.1. The Hall–Kier alpha value is -2.19. The quantitative estimate of drug-likeness (QED) is 0.662. The van der Waals surface area contributed by atoms with Crippen LogP contribution in [0.15, 0.2) is 42.5 Å². The molecule has 0 radical (unpaired) electrons. The standard InChI is InChI=1S/C24H26Cl2FN3O3/c25-17-6-7-20(26)19(14-17)24(32)30-8-2-5-21(30)23(31)28-15-22(29-9-11-33-12-10-29)16-3-1-4-18(27)13-16/h1,3-4,6-7,13-14,21-22H,2,5,8-12,15H2,(H,28,31). The number of amides is 2. The third-order valence-electron chi connectivity index (χ3n) is 6.16. The van der Waals surface area contributed by atoms with Gasteiger partial charge in [0.25, 0.3) is 5.91 Å². The molecular weight excluding hydrogens is 468 g/mol. The van der Waals surface area contributed by atoms with Crippen LogP contribution in [0.3, 0.4) is 0 Å². The van der Waals surface area contributed by atoms with E-state index >= 15 is 0 Å². The number of likely N-dealkylation sites (tertiary alicyclic amines) is 1. The second-order valence-electron chi connectivity index (χ2n) is 8.25. The van der Waals surface area contributed by atoms with Crippen molar-refractivity contribution in [1.82, 2.24) is 15.1 Å². The summed E-state index contributed by atoms with van der Waals surface area (Å²) >= 11 is 12.3. The Morgan fingerprint density at radius 3 is 2.67 bits per heavy atom. The average Bonchev–Trinajstić information content (AvgIpc) is 3.31. The van der Waals surface area contributed by atoms with E-state index < -0.39 is 6.04 Å². The van der Waals surface area contributed by atoms with Gasteiger partial charge in [0.2, 0.25) is 5.91 Å². The van der Waals surface area contributed by atoms with E-state index in [-0.39, 0.29) is 29.2 Å². The number of rotatable bonds is 6. The van der Waals surface area contributed by atoms with Crippen LogP contribution in [-0.4, -0.2) is 67.0 Å². The molecule has 33 heavy (non-hydrogen) atoms. The molecule has 2 aliphatic rings. The molecule has 9 heteroatoms. The first-order valence-corrected chi connectivity index (χ1v) is 11.8. The van der Waals surface area contributed by atoms with Gasteiger partial charge >= 0.3 is 0 Å². The second-order valence-corrected chi connectivity index (χ2v) is 9.09. The fraction of sp³-hybridized carbons (Fsp3) is 0.417. The topological polar surface area (TPSA) is 61.9 Å². The maximum absolute atomic E-state index is 13.9. The number of benzene rings is 2. The first-order chi connectivity index (χ1) is 15.9. The van der Waals surface area contributed by atoms with E-state index in [1.54, 1.807) is 23.1 Å². The lowest BCUT2D eigenvalue weighted by Crippen LogP contribution is -2.49. The fourth-order valence-corrected chi connectivity index (χ4v) is 4.84. The maximum Gasteiger partial charge on any atom is 0.256 e. The Bertz CT molecular complexity index is 1020. The van der Waals surface area contributed by atoms with Crippen LogP contribution in [0.4, 0.5) is 4.39 Å². The molecule has 6 nitrogen and oxygen atoms in total. The molecular formula is C24H26Cl2FN3O3. The first kappa shape index (κ1) is 24.0. The SMILES string of the molecule is O=C(NCC(c1cccc(F)c1)N1CCOCC1)C1CCCN1C(=O)c1cc(Cl)ccc1Cl. The molecule has 0 aliphatic carbocycles. The Balaban J connectivity index is 1.47. The molecule has 176 valence electrons. The van der Waals surface area contributed by atoms with Gasteiger partial charge < -0.3 is 15.0 Å². The molecule has 0 aromatic heterocycles. The normalized spacial score (nSPS) is 20.0. The van der Waals surface area contributed by atoms with Gasteiger partial charge in [-0.25, -0.2) is 4.39 Å². The third kappa shape index (κ3) is 5.66. The van der Waals surface area contributed by atoms with Gasteiger partial charge in [-0.3, -0.25) is 14.5 Å². The van der Waals surface area contributed by atoms with Crippen molar-refractivity contribution >= 4 is 35.0 Å². The number of hydrogen-bond acceptors (Lipinski definition) is 4. The maximum atomic E-state index is 13.9. The number of ether oxygens (including phenoxy) is 1. The van der Waals surface area contributed by atoms with Gasteiger partial charge in [0.15, 0.2) is 0 Å².